The Hall–Kier alpha value is -0.630. The van der Waals surface area contributed by atoms with E-state index >= 15 is 0 Å². The molecule has 0 amide bonds. The van der Waals surface area contributed by atoms with Gasteiger partial charge in [0.1, 0.15) is 0 Å². The molecule has 18 heavy (non-hydrogen) atoms. The zero-order chi connectivity index (χ0) is 13.0. The highest BCUT2D eigenvalue weighted by Gasteiger charge is 2.39. The molecule has 0 aromatic heterocycles. The van der Waals surface area contributed by atoms with Gasteiger partial charge in [0.2, 0.25) is 0 Å². The molecule has 2 heterocycles. The molecule has 4 heteroatoms. The van der Waals surface area contributed by atoms with Crippen LogP contribution >= 0.6 is 0 Å². The largest absolute Gasteiger partial charge is 0.347 e. The second kappa shape index (κ2) is 6.01. The summed E-state index contributed by atoms with van der Waals surface area (Å²) in [6, 6.07) is 2.15. The van der Waals surface area contributed by atoms with Gasteiger partial charge in [-0.1, -0.05) is 6.92 Å². The average Bonchev–Trinajstić information content (AvgIpc) is 2.71. The number of hydrogen-bond acceptors (Lipinski definition) is 4. The molecule has 2 aliphatic heterocycles. The van der Waals surface area contributed by atoms with Crippen LogP contribution in [0.3, 0.4) is 0 Å². The first-order valence-electron chi connectivity index (χ1n) is 7.06. The summed E-state index contributed by atoms with van der Waals surface area (Å²) in [5.41, 5.74) is 0. The summed E-state index contributed by atoms with van der Waals surface area (Å²) in [7, 11) is 0. The van der Waals surface area contributed by atoms with Crippen LogP contribution in [-0.2, 0) is 9.47 Å². The maximum Gasteiger partial charge on any atom is 0.166 e. The molecule has 2 saturated heterocycles. The van der Waals surface area contributed by atoms with E-state index in [0.29, 0.717) is 18.9 Å². The zero-order valence-corrected chi connectivity index (χ0v) is 11.5. The highest BCUT2D eigenvalue weighted by Crippen LogP contribution is 2.33. The quantitative estimate of drug-likeness (QED) is 0.769. The second-order valence-electron chi connectivity index (χ2n) is 5.65. The molecule has 2 aliphatic rings. The first kappa shape index (κ1) is 13.8. The number of likely N-dealkylation sites (tertiary alicyclic amines) is 1. The molecule has 0 aliphatic carbocycles. The molecule has 2 fully saturated rings. The third kappa shape index (κ3) is 3.44. The first-order valence-corrected chi connectivity index (χ1v) is 7.06. The molecule has 102 valence electrons. The Kier molecular flexibility index (Phi) is 4.60. The Morgan fingerprint density at radius 3 is 3.06 bits per heavy atom. The standard InChI is InChI=1S/C14H24N2O2/c1-3-16-8-4-5-12(10-16)9-14(2)17-11-13(18-14)6-7-15/h12-13H,3-6,8-11H2,1-2H3. The van der Waals surface area contributed by atoms with Gasteiger partial charge in [-0.25, -0.2) is 0 Å². The second-order valence-corrected chi connectivity index (χ2v) is 5.65. The first-order chi connectivity index (χ1) is 8.65. The number of ether oxygens (including phenoxy) is 2. The van der Waals surface area contributed by atoms with Crippen molar-refractivity contribution in [3.63, 3.8) is 0 Å². The van der Waals surface area contributed by atoms with E-state index < -0.39 is 5.79 Å². The van der Waals surface area contributed by atoms with Crippen molar-refractivity contribution in [1.82, 2.24) is 4.90 Å². The summed E-state index contributed by atoms with van der Waals surface area (Å²) in [6.07, 6.45) is 3.89. The van der Waals surface area contributed by atoms with Gasteiger partial charge in [0.15, 0.2) is 5.79 Å². The van der Waals surface area contributed by atoms with Crippen molar-refractivity contribution in [3.8, 4) is 6.07 Å². The van der Waals surface area contributed by atoms with Gasteiger partial charge in [-0.05, 0) is 38.8 Å². The Labute approximate surface area is 110 Å². The van der Waals surface area contributed by atoms with Crippen molar-refractivity contribution in [2.45, 2.75) is 51.4 Å². The molecule has 0 aromatic rings. The number of nitrogens with zero attached hydrogens (tertiary/aromatic N) is 2. The molecule has 4 nitrogen and oxygen atoms in total. The predicted octanol–water partition coefficient (Wildman–Crippen LogP) is 2.15. The lowest BCUT2D eigenvalue weighted by Gasteiger charge is -2.35. The van der Waals surface area contributed by atoms with Gasteiger partial charge in [0, 0.05) is 13.0 Å². The van der Waals surface area contributed by atoms with E-state index in [2.05, 4.69) is 17.9 Å². The summed E-state index contributed by atoms with van der Waals surface area (Å²) >= 11 is 0. The lowest BCUT2D eigenvalue weighted by molar-refractivity contribution is -0.168. The van der Waals surface area contributed by atoms with Crippen LogP contribution in [-0.4, -0.2) is 43.0 Å². The monoisotopic (exact) mass is 252 g/mol. The molecule has 0 N–H and O–H groups in total. The minimum atomic E-state index is -0.469. The minimum absolute atomic E-state index is 0.0362. The number of hydrogen-bond donors (Lipinski definition) is 0. The fourth-order valence-electron chi connectivity index (χ4n) is 3.13. The Balaban J connectivity index is 1.83. The van der Waals surface area contributed by atoms with E-state index in [9.17, 15) is 0 Å². The lowest BCUT2D eigenvalue weighted by Crippen LogP contribution is -2.39. The van der Waals surface area contributed by atoms with Crippen molar-refractivity contribution >= 4 is 0 Å². The maximum atomic E-state index is 8.69. The fraction of sp³-hybridized carbons (Fsp3) is 0.929. The van der Waals surface area contributed by atoms with Gasteiger partial charge in [0.25, 0.3) is 0 Å². The molecule has 0 bridgehead atoms. The van der Waals surface area contributed by atoms with E-state index in [1.807, 2.05) is 6.92 Å². The molecule has 0 saturated carbocycles. The van der Waals surface area contributed by atoms with Crippen LogP contribution in [0.2, 0.25) is 0 Å². The summed E-state index contributed by atoms with van der Waals surface area (Å²) in [6.45, 7) is 8.31. The van der Waals surface area contributed by atoms with Crippen LogP contribution in [0, 0.1) is 17.2 Å². The molecular formula is C14H24N2O2. The highest BCUT2D eigenvalue weighted by molar-refractivity contribution is 4.85. The Morgan fingerprint density at radius 2 is 2.33 bits per heavy atom. The molecule has 0 radical (unpaired) electrons. The summed E-state index contributed by atoms with van der Waals surface area (Å²) in [5.74, 6) is 0.188. The van der Waals surface area contributed by atoms with Crippen molar-refractivity contribution in [3.05, 3.63) is 0 Å². The van der Waals surface area contributed by atoms with Crippen LogP contribution in [0.4, 0.5) is 0 Å². The van der Waals surface area contributed by atoms with Crippen LogP contribution in [0.15, 0.2) is 0 Å². The maximum absolute atomic E-state index is 8.69. The molecule has 3 unspecified atom stereocenters. The minimum Gasteiger partial charge on any atom is -0.347 e. The van der Waals surface area contributed by atoms with Crippen molar-refractivity contribution in [2.24, 2.45) is 5.92 Å². The van der Waals surface area contributed by atoms with E-state index in [1.54, 1.807) is 0 Å². The van der Waals surface area contributed by atoms with Gasteiger partial charge in [-0.15, -0.1) is 0 Å². The highest BCUT2D eigenvalue weighted by atomic mass is 16.7. The molecule has 0 spiro atoms. The SMILES string of the molecule is CCN1CCCC(CC2(C)OCC(CC#N)O2)C1. The number of piperidine rings is 1. The topological polar surface area (TPSA) is 45.5 Å². The van der Waals surface area contributed by atoms with Crippen molar-refractivity contribution < 1.29 is 9.47 Å². The molecule has 3 atom stereocenters. The van der Waals surface area contributed by atoms with Gasteiger partial charge in [-0.3, -0.25) is 0 Å². The average molecular weight is 252 g/mol. The van der Waals surface area contributed by atoms with Gasteiger partial charge >= 0.3 is 0 Å². The van der Waals surface area contributed by atoms with Crippen LogP contribution in [0.25, 0.3) is 0 Å². The molecule has 0 aromatic carbocycles. The van der Waals surface area contributed by atoms with Crippen LogP contribution in [0.5, 0.6) is 0 Å². The summed E-state index contributed by atoms with van der Waals surface area (Å²) in [4.78, 5) is 2.50. The van der Waals surface area contributed by atoms with E-state index in [4.69, 9.17) is 14.7 Å². The third-order valence-electron chi connectivity index (χ3n) is 4.02. The number of nitriles is 1. The van der Waals surface area contributed by atoms with Gasteiger partial charge in [0.05, 0.1) is 25.2 Å². The normalized spacial score (nSPS) is 37.6. The van der Waals surface area contributed by atoms with Gasteiger partial charge in [-0.2, -0.15) is 5.26 Å². The smallest absolute Gasteiger partial charge is 0.166 e. The van der Waals surface area contributed by atoms with E-state index in [1.165, 1.54) is 19.4 Å². The Morgan fingerprint density at radius 1 is 1.50 bits per heavy atom. The third-order valence-corrected chi connectivity index (χ3v) is 4.02. The van der Waals surface area contributed by atoms with Crippen molar-refractivity contribution in [1.29, 1.82) is 5.26 Å². The number of rotatable bonds is 4. The fourth-order valence-corrected chi connectivity index (χ4v) is 3.13. The Bertz CT molecular complexity index is 315. The summed E-state index contributed by atoms with van der Waals surface area (Å²) < 4.78 is 11.7. The van der Waals surface area contributed by atoms with Crippen LogP contribution < -0.4 is 0 Å². The molecular weight excluding hydrogens is 228 g/mol. The predicted molar refractivity (Wildman–Crippen MR) is 68.9 cm³/mol. The van der Waals surface area contributed by atoms with E-state index in [0.717, 1.165) is 19.5 Å². The van der Waals surface area contributed by atoms with Crippen LogP contribution in [0.1, 0.15) is 39.5 Å². The zero-order valence-electron chi connectivity index (χ0n) is 11.5. The van der Waals surface area contributed by atoms with E-state index in [-0.39, 0.29) is 6.10 Å². The summed E-state index contributed by atoms with van der Waals surface area (Å²) in [5, 5.41) is 8.69. The lowest BCUT2D eigenvalue weighted by atomic mass is 9.91. The van der Waals surface area contributed by atoms with Crippen molar-refractivity contribution in [2.75, 3.05) is 26.2 Å². The molecule has 2 rings (SSSR count). The van der Waals surface area contributed by atoms with Gasteiger partial charge < -0.3 is 14.4 Å².